The third-order valence-electron chi connectivity index (χ3n) is 3.12. The molecule has 0 aliphatic rings. The number of nitrogens with zero attached hydrogens (tertiary/aromatic N) is 1. The minimum Gasteiger partial charge on any atom is -0.403 e. The fraction of sp³-hybridized carbons (Fsp3) is 0.562. The van der Waals surface area contributed by atoms with Crippen molar-refractivity contribution in [1.29, 1.82) is 0 Å². The van der Waals surface area contributed by atoms with E-state index in [1.165, 1.54) is 0 Å². The SMILES string of the molecule is Cn1c(=O)[nH]c2ccc(B(OC(C)(C)C)OC(C)(C)C)cc21. The van der Waals surface area contributed by atoms with E-state index in [1.54, 1.807) is 11.6 Å². The lowest BCUT2D eigenvalue weighted by molar-refractivity contribution is 0.0409. The summed E-state index contributed by atoms with van der Waals surface area (Å²) < 4.78 is 13.7. The zero-order valence-corrected chi connectivity index (χ0v) is 14.5. The topological polar surface area (TPSA) is 56.2 Å². The first kappa shape index (κ1) is 16.8. The van der Waals surface area contributed by atoms with Crippen LogP contribution in [0.15, 0.2) is 23.0 Å². The molecule has 0 spiro atoms. The maximum Gasteiger partial charge on any atom is 0.494 e. The van der Waals surface area contributed by atoms with Crippen LogP contribution in [0.1, 0.15) is 41.5 Å². The molecule has 0 fully saturated rings. The Labute approximate surface area is 131 Å². The first-order chi connectivity index (χ1) is 9.96. The molecule has 0 unspecified atom stereocenters. The lowest BCUT2D eigenvalue weighted by Gasteiger charge is -2.30. The summed E-state index contributed by atoms with van der Waals surface area (Å²) >= 11 is 0. The average Bonchev–Trinajstić information content (AvgIpc) is 2.60. The van der Waals surface area contributed by atoms with E-state index in [2.05, 4.69) is 4.98 Å². The number of imidazole rings is 1. The Morgan fingerprint density at radius 1 is 1.05 bits per heavy atom. The highest BCUT2D eigenvalue weighted by atomic mass is 16.6. The largest absolute Gasteiger partial charge is 0.494 e. The lowest BCUT2D eigenvalue weighted by Crippen LogP contribution is -2.46. The lowest BCUT2D eigenvalue weighted by atomic mass is 9.76. The zero-order valence-electron chi connectivity index (χ0n) is 14.5. The molecule has 22 heavy (non-hydrogen) atoms. The fourth-order valence-electron chi connectivity index (χ4n) is 2.19. The quantitative estimate of drug-likeness (QED) is 0.884. The predicted octanol–water partition coefficient (Wildman–Crippen LogP) is 2.19. The minimum atomic E-state index is -0.491. The van der Waals surface area contributed by atoms with Crippen molar-refractivity contribution in [2.24, 2.45) is 7.05 Å². The van der Waals surface area contributed by atoms with Crippen molar-refractivity contribution in [2.75, 3.05) is 0 Å². The van der Waals surface area contributed by atoms with Crippen molar-refractivity contribution < 1.29 is 9.31 Å². The molecule has 0 amide bonds. The second-order valence-electron chi connectivity index (χ2n) is 7.56. The molecule has 0 aliphatic heterocycles. The van der Waals surface area contributed by atoms with E-state index >= 15 is 0 Å². The van der Waals surface area contributed by atoms with Gasteiger partial charge in [-0.2, -0.15) is 0 Å². The smallest absolute Gasteiger partial charge is 0.403 e. The molecule has 6 heteroatoms. The van der Waals surface area contributed by atoms with Crippen LogP contribution in [0.4, 0.5) is 0 Å². The second kappa shape index (κ2) is 5.59. The van der Waals surface area contributed by atoms with Crippen LogP contribution in [0.25, 0.3) is 11.0 Å². The molecule has 0 radical (unpaired) electrons. The van der Waals surface area contributed by atoms with Crippen molar-refractivity contribution >= 4 is 23.6 Å². The Morgan fingerprint density at radius 2 is 1.59 bits per heavy atom. The summed E-state index contributed by atoms with van der Waals surface area (Å²) in [5.74, 6) is 0. The molecule has 1 aromatic heterocycles. The van der Waals surface area contributed by atoms with Gasteiger partial charge in [0.05, 0.1) is 11.0 Å². The molecule has 0 aliphatic carbocycles. The van der Waals surface area contributed by atoms with Gasteiger partial charge in [-0.05, 0) is 59.1 Å². The molecule has 2 aromatic rings. The van der Waals surface area contributed by atoms with Gasteiger partial charge in [0, 0.05) is 18.2 Å². The van der Waals surface area contributed by atoms with E-state index in [0.29, 0.717) is 0 Å². The summed E-state index contributed by atoms with van der Waals surface area (Å²) in [5, 5.41) is 0. The van der Waals surface area contributed by atoms with Crippen molar-refractivity contribution in [3.8, 4) is 0 Å². The fourth-order valence-corrected chi connectivity index (χ4v) is 2.19. The highest BCUT2D eigenvalue weighted by Gasteiger charge is 2.32. The van der Waals surface area contributed by atoms with E-state index in [0.717, 1.165) is 16.5 Å². The first-order valence-corrected chi connectivity index (χ1v) is 7.50. The van der Waals surface area contributed by atoms with Gasteiger partial charge < -0.3 is 14.3 Å². The highest BCUT2D eigenvalue weighted by molar-refractivity contribution is 6.61. The second-order valence-corrected chi connectivity index (χ2v) is 7.56. The third-order valence-corrected chi connectivity index (χ3v) is 3.12. The molecule has 2 rings (SSSR count). The van der Waals surface area contributed by atoms with Crippen molar-refractivity contribution in [3.05, 3.63) is 28.7 Å². The van der Waals surface area contributed by atoms with E-state index in [4.69, 9.17) is 9.31 Å². The van der Waals surface area contributed by atoms with E-state index in [1.807, 2.05) is 59.7 Å². The third kappa shape index (κ3) is 4.02. The summed E-state index contributed by atoms with van der Waals surface area (Å²) in [6, 6.07) is 5.76. The Hall–Kier alpha value is -1.53. The Morgan fingerprint density at radius 3 is 2.09 bits per heavy atom. The molecule has 5 nitrogen and oxygen atoms in total. The molecule has 1 aromatic carbocycles. The summed E-state index contributed by atoms with van der Waals surface area (Å²) in [6.45, 7) is 12.0. The van der Waals surface area contributed by atoms with Crippen LogP contribution < -0.4 is 11.2 Å². The van der Waals surface area contributed by atoms with Crippen LogP contribution in [-0.2, 0) is 16.4 Å². The molecule has 1 N–H and O–H groups in total. The van der Waals surface area contributed by atoms with Gasteiger partial charge in [0.15, 0.2) is 0 Å². The molecule has 1 heterocycles. The first-order valence-electron chi connectivity index (χ1n) is 7.50. The molecule has 120 valence electrons. The highest BCUT2D eigenvalue weighted by Crippen LogP contribution is 2.17. The van der Waals surface area contributed by atoms with Crippen LogP contribution in [0.2, 0.25) is 0 Å². The van der Waals surface area contributed by atoms with Gasteiger partial charge in [-0.15, -0.1) is 0 Å². The number of hydrogen-bond acceptors (Lipinski definition) is 3. The normalized spacial score (nSPS) is 12.9. The van der Waals surface area contributed by atoms with Crippen molar-refractivity contribution in [2.45, 2.75) is 52.7 Å². The number of hydrogen-bond donors (Lipinski definition) is 1. The monoisotopic (exact) mass is 304 g/mol. The van der Waals surface area contributed by atoms with Gasteiger partial charge in [-0.3, -0.25) is 4.57 Å². The number of aromatic nitrogens is 2. The zero-order chi connectivity index (χ0) is 16.7. The summed E-state index contributed by atoms with van der Waals surface area (Å²) in [5.41, 5.74) is 1.73. The van der Waals surface area contributed by atoms with E-state index < -0.39 is 7.12 Å². The number of H-pyrrole nitrogens is 1. The van der Waals surface area contributed by atoms with Crippen LogP contribution in [-0.4, -0.2) is 27.9 Å². The number of fused-ring (bicyclic) bond motifs is 1. The maximum atomic E-state index is 11.7. The number of nitrogens with one attached hydrogen (secondary N) is 1. The van der Waals surface area contributed by atoms with E-state index in [-0.39, 0.29) is 16.9 Å². The van der Waals surface area contributed by atoms with Gasteiger partial charge >= 0.3 is 12.8 Å². The van der Waals surface area contributed by atoms with Crippen molar-refractivity contribution in [1.82, 2.24) is 9.55 Å². The molecule has 0 saturated heterocycles. The maximum absolute atomic E-state index is 11.7. The van der Waals surface area contributed by atoms with Crippen molar-refractivity contribution in [3.63, 3.8) is 0 Å². The van der Waals surface area contributed by atoms with Gasteiger partial charge in [-0.1, -0.05) is 6.07 Å². The summed E-state index contributed by atoms with van der Waals surface area (Å²) in [7, 11) is 1.25. The van der Waals surface area contributed by atoms with Crippen LogP contribution in [0, 0.1) is 0 Å². The molecular weight excluding hydrogens is 279 g/mol. The molecule has 0 saturated carbocycles. The van der Waals surface area contributed by atoms with Crippen LogP contribution in [0.5, 0.6) is 0 Å². The number of benzene rings is 1. The Balaban J connectivity index is 2.46. The van der Waals surface area contributed by atoms with Gasteiger partial charge in [0.1, 0.15) is 0 Å². The van der Waals surface area contributed by atoms with Gasteiger partial charge in [-0.25, -0.2) is 4.79 Å². The molecular formula is C16H25BN2O3. The Bertz CT molecular complexity index is 704. The summed E-state index contributed by atoms with van der Waals surface area (Å²) in [4.78, 5) is 14.5. The number of rotatable bonds is 3. The number of aromatic amines is 1. The van der Waals surface area contributed by atoms with E-state index in [9.17, 15) is 4.79 Å². The van der Waals surface area contributed by atoms with Crippen LogP contribution in [0.3, 0.4) is 0 Å². The van der Waals surface area contributed by atoms with Gasteiger partial charge in [0.25, 0.3) is 0 Å². The standard InChI is InChI=1S/C16H25BN2O3/c1-15(2,3)21-17(22-16(4,5)6)11-8-9-12-13(10-11)19(7)14(20)18-12/h8-10H,1-7H3,(H,18,20). The average molecular weight is 304 g/mol. The molecule has 0 atom stereocenters. The predicted molar refractivity (Wildman–Crippen MR) is 90.6 cm³/mol. The minimum absolute atomic E-state index is 0.128. The van der Waals surface area contributed by atoms with Crippen LogP contribution >= 0.6 is 0 Å². The number of aryl methyl sites for hydroxylation is 1. The molecule has 0 bridgehead atoms. The Kier molecular flexibility index (Phi) is 4.28. The van der Waals surface area contributed by atoms with Gasteiger partial charge in [0.2, 0.25) is 0 Å². The summed E-state index contributed by atoms with van der Waals surface area (Å²) in [6.07, 6.45) is 0.